The molecular weight excluding hydrogens is 548 g/mol. The second kappa shape index (κ2) is 8.67. The van der Waals surface area contributed by atoms with E-state index in [0.717, 1.165) is 27.1 Å². The van der Waals surface area contributed by atoms with Crippen LogP contribution in [0.1, 0.15) is 47.8 Å². The average molecular weight is 581 g/mol. The van der Waals surface area contributed by atoms with Crippen LogP contribution in [0.4, 0.5) is 0 Å². The molecule has 1 aliphatic carbocycles. The summed E-state index contributed by atoms with van der Waals surface area (Å²) in [6.07, 6.45) is -1.07. The van der Waals surface area contributed by atoms with E-state index in [4.69, 9.17) is 18.9 Å². The predicted molar refractivity (Wildman–Crippen MR) is 163 cm³/mol. The molecule has 220 valence electrons. The number of ether oxygens (including phenoxy) is 4. The number of rotatable bonds is 2. The van der Waals surface area contributed by atoms with Crippen LogP contribution in [0.5, 0.6) is 34.5 Å². The molecule has 3 N–H and O–H groups in total. The zero-order valence-corrected chi connectivity index (χ0v) is 25.0. The highest BCUT2D eigenvalue weighted by atomic mass is 16.7. The lowest BCUT2D eigenvalue weighted by molar-refractivity contribution is -0.233. The van der Waals surface area contributed by atoms with Crippen LogP contribution in [0.2, 0.25) is 0 Å². The second-order valence-corrected chi connectivity index (χ2v) is 12.2. The second-order valence-electron chi connectivity index (χ2n) is 12.2. The number of benzene rings is 5. The quantitative estimate of drug-likeness (QED) is 0.193. The third-order valence-electron chi connectivity index (χ3n) is 9.36. The summed E-state index contributed by atoms with van der Waals surface area (Å²) >= 11 is 0. The van der Waals surface area contributed by atoms with Crippen molar-refractivity contribution in [1.29, 1.82) is 0 Å². The Morgan fingerprint density at radius 3 is 2.02 bits per heavy atom. The van der Waals surface area contributed by atoms with Crippen LogP contribution in [-0.2, 0) is 14.9 Å². The Bertz CT molecular complexity index is 2080. The van der Waals surface area contributed by atoms with Crippen LogP contribution in [0.15, 0.2) is 42.5 Å². The largest absolute Gasteiger partial charge is 0.508 e. The van der Waals surface area contributed by atoms with Gasteiger partial charge >= 0.3 is 5.79 Å². The maximum absolute atomic E-state index is 14.4. The van der Waals surface area contributed by atoms with Crippen molar-refractivity contribution in [2.45, 2.75) is 51.9 Å². The van der Waals surface area contributed by atoms with E-state index in [2.05, 4.69) is 0 Å². The van der Waals surface area contributed by atoms with E-state index in [1.807, 2.05) is 32.0 Å². The third kappa shape index (κ3) is 3.38. The van der Waals surface area contributed by atoms with Crippen molar-refractivity contribution in [2.75, 3.05) is 14.2 Å². The maximum Gasteiger partial charge on any atom is 0.313 e. The highest BCUT2D eigenvalue weighted by Crippen LogP contribution is 2.58. The number of fused-ring (bicyclic) bond motifs is 9. The molecule has 0 amide bonds. The van der Waals surface area contributed by atoms with Crippen molar-refractivity contribution in [1.82, 2.24) is 0 Å². The van der Waals surface area contributed by atoms with E-state index in [1.54, 1.807) is 52.1 Å². The topological polar surface area (TPSA) is 115 Å². The summed E-state index contributed by atoms with van der Waals surface area (Å²) in [5, 5.41) is 36.7. The van der Waals surface area contributed by atoms with Gasteiger partial charge in [0, 0.05) is 29.0 Å². The number of phenolic OH excluding ortho intramolecular Hbond substituents is 3. The summed E-state index contributed by atoms with van der Waals surface area (Å²) in [5.74, 6) is -0.634. The lowest BCUT2D eigenvalue weighted by Gasteiger charge is -2.50. The zero-order chi connectivity index (χ0) is 30.7. The smallest absolute Gasteiger partial charge is 0.313 e. The van der Waals surface area contributed by atoms with E-state index in [9.17, 15) is 20.1 Å². The normalized spacial score (nSPS) is 20.3. The molecule has 5 aromatic carbocycles. The highest BCUT2D eigenvalue weighted by Gasteiger charge is 2.64. The van der Waals surface area contributed by atoms with Gasteiger partial charge in [-0.25, -0.2) is 0 Å². The molecule has 0 aromatic heterocycles. The number of hydrogen-bond donors (Lipinski definition) is 3. The molecule has 0 saturated carbocycles. The van der Waals surface area contributed by atoms with Crippen molar-refractivity contribution in [3.8, 4) is 34.5 Å². The Hall–Kier alpha value is -4.69. The van der Waals surface area contributed by atoms with Gasteiger partial charge in [0.2, 0.25) is 5.78 Å². The van der Waals surface area contributed by atoms with E-state index < -0.39 is 17.3 Å². The number of aromatic hydroxyl groups is 3. The van der Waals surface area contributed by atoms with E-state index in [-0.39, 0.29) is 23.0 Å². The summed E-state index contributed by atoms with van der Waals surface area (Å²) in [6, 6.07) is 12.3. The molecule has 2 atom stereocenters. The molecular formula is C35H32O8. The molecule has 5 aromatic rings. The van der Waals surface area contributed by atoms with E-state index in [0.29, 0.717) is 50.3 Å². The van der Waals surface area contributed by atoms with Crippen molar-refractivity contribution in [3.05, 3.63) is 70.3 Å². The number of hydrogen-bond acceptors (Lipinski definition) is 8. The van der Waals surface area contributed by atoms with E-state index in [1.165, 1.54) is 7.11 Å². The first-order chi connectivity index (χ1) is 20.3. The van der Waals surface area contributed by atoms with Crippen molar-refractivity contribution in [3.63, 3.8) is 0 Å². The Balaban J connectivity index is 1.57. The van der Waals surface area contributed by atoms with Crippen LogP contribution in [0, 0.1) is 20.8 Å². The van der Waals surface area contributed by atoms with Crippen molar-refractivity contribution in [2.24, 2.45) is 0 Å². The van der Waals surface area contributed by atoms with Gasteiger partial charge in [-0.2, -0.15) is 0 Å². The first-order valence-electron chi connectivity index (χ1n) is 14.1. The fourth-order valence-electron chi connectivity index (χ4n) is 6.90. The van der Waals surface area contributed by atoms with E-state index >= 15 is 0 Å². The molecule has 43 heavy (non-hydrogen) atoms. The summed E-state index contributed by atoms with van der Waals surface area (Å²) in [5.41, 5.74) is 2.03. The Morgan fingerprint density at radius 1 is 0.744 bits per heavy atom. The maximum atomic E-state index is 14.4. The van der Waals surface area contributed by atoms with Crippen LogP contribution in [0.25, 0.3) is 32.3 Å². The highest BCUT2D eigenvalue weighted by molar-refractivity contribution is 6.13. The molecule has 1 heterocycles. The minimum atomic E-state index is -1.86. The first kappa shape index (κ1) is 27.2. The first-order valence-corrected chi connectivity index (χ1v) is 14.1. The van der Waals surface area contributed by atoms with Crippen LogP contribution in [-0.4, -0.2) is 41.1 Å². The molecule has 0 fully saturated rings. The van der Waals surface area contributed by atoms with Gasteiger partial charge in [0.05, 0.1) is 12.5 Å². The van der Waals surface area contributed by atoms with Crippen LogP contribution < -0.4 is 14.2 Å². The molecule has 8 nitrogen and oxygen atoms in total. The number of phenols is 3. The minimum Gasteiger partial charge on any atom is -0.508 e. The molecule has 0 bridgehead atoms. The van der Waals surface area contributed by atoms with Gasteiger partial charge in [-0.3, -0.25) is 4.79 Å². The molecule has 0 radical (unpaired) electrons. The lowest BCUT2D eigenvalue weighted by Crippen LogP contribution is -2.63. The summed E-state index contributed by atoms with van der Waals surface area (Å²) in [7, 11) is 3.02. The van der Waals surface area contributed by atoms with Gasteiger partial charge in [0.1, 0.15) is 23.0 Å². The molecule has 1 aliphatic heterocycles. The fraction of sp³-hybridized carbons (Fsp3) is 0.286. The fourth-order valence-corrected chi connectivity index (χ4v) is 6.90. The van der Waals surface area contributed by atoms with Crippen molar-refractivity contribution < 1.29 is 39.1 Å². The zero-order valence-electron chi connectivity index (χ0n) is 25.0. The molecule has 0 spiro atoms. The standard InChI is InChI=1S/C35H32O8/c1-15-8-21-23(11-26(15)37)30-24(14-27(21)38)34(4,5)33(39)35(41-7)32(30)42-29-13-20-18(17(3)31(29)43-35)12-28(40-6)22-9-16(2)25(36)10-19(20)22/h8-14,32,36-38H,1-7H3. The Kier molecular flexibility index (Phi) is 5.48. The van der Waals surface area contributed by atoms with Gasteiger partial charge in [-0.05, 0) is 115 Å². The van der Waals surface area contributed by atoms with Gasteiger partial charge in [0.25, 0.3) is 0 Å². The number of carbonyl (C=O) groups excluding carboxylic acids is 1. The minimum absolute atomic E-state index is 0.00266. The van der Waals surface area contributed by atoms with Crippen LogP contribution >= 0.6 is 0 Å². The number of aryl methyl sites for hydroxylation is 3. The predicted octanol–water partition coefficient (Wildman–Crippen LogP) is 6.91. The number of Topliss-reactive ketones (excluding diaryl/α,β-unsaturated/α-hetero) is 1. The monoisotopic (exact) mass is 580 g/mol. The molecule has 2 aliphatic rings. The van der Waals surface area contributed by atoms with Crippen LogP contribution in [0.3, 0.4) is 0 Å². The molecule has 0 saturated heterocycles. The Morgan fingerprint density at radius 2 is 1.37 bits per heavy atom. The summed E-state index contributed by atoms with van der Waals surface area (Å²) in [6.45, 7) is 9.00. The SMILES string of the molecule is COc1cc2c(C)c3c(cc2c2cc(O)c(C)cc12)OC1c2c(cc(O)c4cc(C)c(O)cc24)C(C)(C)C(=O)C1(OC)O3. The lowest BCUT2D eigenvalue weighted by atomic mass is 9.66. The summed E-state index contributed by atoms with van der Waals surface area (Å²) in [4.78, 5) is 14.4. The van der Waals surface area contributed by atoms with Gasteiger partial charge in [-0.15, -0.1) is 0 Å². The van der Waals surface area contributed by atoms with Gasteiger partial charge in [0.15, 0.2) is 17.6 Å². The average Bonchev–Trinajstić information content (AvgIpc) is 2.97. The Labute approximate surface area is 248 Å². The van der Waals surface area contributed by atoms with Gasteiger partial charge in [-0.1, -0.05) is 0 Å². The third-order valence-corrected chi connectivity index (χ3v) is 9.36. The molecule has 8 heteroatoms. The van der Waals surface area contributed by atoms with Crippen molar-refractivity contribution >= 4 is 38.1 Å². The molecule has 7 rings (SSSR count). The summed E-state index contributed by atoms with van der Waals surface area (Å²) < 4.78 is 25.2. The number of carbonyl (C=O) groups is 1. The van der Waals surface area contributed by atoms with Gasteiger partial charge < -0.3 is 34.3 Å². The number of methoxy groups -OCH3 is 2. The number of ketones is 1. The molecule has 2 unspecified atom stereocenters.